The number of carbonyl (C=O) groups is 1. The van der Waals surface area contributed by atoms with Gasteiger partial charge in [-0.2, -0.15) is 0 Å². The van der Waals surface area contributed by atoms with Crippen molar-refractivity contribution < 1.29 is 4.79 Å². The number of rotatable bonds is 5. The summed E-state index contributed by atoms with van der Waals surface area (Å²) >= 11 is 5.68. The van der Waals surface area contributed by atoms with Gasteiger partial charge < -0.3 is 22.5 Å². The lowest BCUT2D eigenvalue weighted by molar-refractivity contribution is 0.0946. The molecule has 0 saturated heterocycles. The number of nitrogens with zero attached hydrogens (tertiary/aromatic N) is 2. The molecule has 1 atom stereocenters. The summed E-state index contributed by atoms with van der Waals surface area (Å²) in [5, 5.41) is 2.58. The molecule has 0 spiro atoms. The van der Waals surface area contributed by atoms with Gasteiger partial charge in [0.1, 0.15) is 0 Å². The first-order valence-electron chi connectivity index (χ1n) is 5.58. The van der Waals surface area contributed by atoms with Crippen LogP contribution in [0, 0.1) is 0 Å². The first-order valence-corrected chi connectivity index (χ1v) is 5.95. The minimum absolute atomic E-state index is 0.00611. The average molecular weight is 273 g/mol. The molecule has 1 aromatic rings. The fourth-order valence-electron chi connectivity index (χ4n) is 1.39. The molecule has 8 heteroatoms. The fourth-order valence-corrected chi connectivity index (χ4v) is 1.52. The van der Waals surface area contributed by atoms with Crippen LogP contribution in [0.1, 0.15) is 30.3 Å². The molecular formula is C10H17ClN6O. The van der Waals surface area contributed by atoms with Gasteiger partial charge in [0.15, 0.2) is 22.5 Å². The minimum Gasteiger partial charge on any atom is -0.382 e. The van der Waals surface area contributed by atoms with Crippen LogP contribution in [-0.4, -0.2) is 28.5 Å². The minimum atomic E-state index is -0.464. The van der Waals surface area contributed by atoms with Crippen molar-refractivity contribution in [3.8, 4) is 0 Å². The Bertz CT molecular complexity index is 439. The molecule has 100 valence electrons. The number of nitrogen functional groups attached to an aromatic ring is 2. The highest BCUT2D eigenvalue weighted by atomic mass is 35.5. The van der Waals surface area contributed by atoms with Crippen LogP contribution in [0.4, 0.5) is 11.6 Å². The summed E-state index contributed by atoms with van der Waals surface area (Å²) in [5.74, 6) is -0.527. The maximum atomic E-state index is 11.8. The van der Waals surface area contributed by atoms with Crippen LogP contribution in [-0.2, 0) is 0 Å². The SMILES string of the molecule is CCC[C@H](N)CNC(=O)c1nc(Cl)c(N)nc1N. The Morgan fingerprint density at radius 3 is 2.67 bits per heavy atom. The number of aromatic nitrogens is 2. The quantitative estimate of drug-likeness (QED) is 0.603. The van der Waals surface area contributed by atoms with E-state index in [4.69, 9.17) is 28.8 Å². The van der Waals surface area contributed by atoms with Crippen LogP contribution in [0.25, 0.3) is 0 Å². The largest absolute Gasteiger partial charge is 0.382 e. The van der Waals surface area contributed by atoms with E-state index in [1.807, 2.05) is 6.92 Å². The third-order valence-corrected chi connectivity index (χ3v) is 2.58. The van der Waals surface area contributed by atoms with Crippen molar-refractivity contribution in [3.05, 3.63) is 10.8 Å². The van der Waals surface area contributed by atoms with Crippen molar-refractivity contribution in [2.75, 3.05) is 18.0 Å². The summed E-state index contributed by atoms with van der Waals surface area (Å²) in [7, 11) is 0. The Morgan fingerprint density at radius 2 is 2.06 bits per heavy atom. The number of nitrogens with two attached hydrogens (primary N) is 3. The molecule has 0 unspecified atom stereocenters. The smallest absolute Gasteiger partial charge is 0.273 e. The number of halogens is 1. The van der Waals surface area contributed by atoms with Crippen molar-refractivity contribution >= 4 is 29.1 Å². The van der Waals surface area contributed by atoms with Gasteiger partial charge in [0.05, 0.1) is 0 Å². The molecule has 7 nitrogen and oxygen atoms in total. The standard InChI is InChI=1S/C10H17ClN6O/c1-2-3-5(12)4-15-10(18)6-8(13)17-9(14)7(11)16-6/h5H,2-4,12H2,1H3,(H,15,18)(H4,13,14,17)/t5-/m0/s1. The lowest BCUT2D eigenvalue weighted by Gasteiger charge is -2.12. The molecule has 1 aromatic heterocycles. The number of hydrogen-bond acceptors (Lipinski definition) is 6. The maximum absolute atomic E-state index is 11.8. The third kappa shape index (κ3) is 3.71. The summed E-state index contributed by atoms with van der Waals surface area (Å²) in [5.41, 5.74) is 16.7. The molecule has 0 bridgehead atoms. The molecule has 0 fully saturated rings. The fraction of sp³-hybridized carbons (Fsp3) is 0.500. The zero-order valence-electron chi connectivity index (χ0n) is 10.1. The second-order valence-corrected chi connectivity index (χ2v) is 4.25. The van der Waals surface area contributed by atoms with E-state index in [0.717, 1.165) is 12.8 Å². The summed E-state index contributed by atoms with van der Waals surface area (Å²) < 4.78 is 0. The van der Waals surface area contributed by atoms with Crippen LogP contribution in [0.2, 0.25) is 5.15 Å². The van der Waals surface area contributed by atoms with Gasteiger partial charge in [0.2, 0.25) is 0 Å². The highest BCUT2D eigenvalue weighted by molar-refractivity contribution is 6.31. The van der Waals surface area contributed by atoms with Gasteiger partial charge in [-0.15, -0.1) is 0 Å². The molecule has 7 N–H and O–H groups in total. The summed E-state index contributed by atoms with van der Waals surface area (Å²) in [6, 6.07) is -0.0996. The van der Waals surface area contributed by atoms with Crippen LogP contribution in [0.15, 0.2) is 0 Å². The van der Waals surface area contributed by atoms with E-state index in [-0.39, 0.29) is 28.5 Å². The maximum Gasteiger partial charge on any atom is 0.273 e. The second-order valence-electron chi connectivity index (χ2n) is 3.89. The zero-order valence-corrected chi connectivity index (χ0v) is 10.9. The number of amides is 1. The van der Waals surface area contributed by atoms with Gasteiger partial charge in [-0.05, 0) is 6.42 Å². The van der Waals surface area contributed by atoms with E-state index < -0.39 is 5.91 Å². The van der Waals surface area contributed by atoms with Crippen molar-refractivity contribution in [2.24, 2.45) is 5.73 Å². The summed E-state index contributed by atoms with van der Waals surface area (Å²) in [6.07, 6.45) is 1.77. The zero-order chi connectivity index (χ0) is 13.7. The molecule has 0 saturated carbocycles. The molecule has 18 heavy (non-hydrogen) atoms. The van der Waals surface area contributed by atoms with E-state index in [9.17, 15) is 4.79 Å². The van der Waals surface area contributed by atoms with E-state index in [1.165, 1.54) is 0 Å². The highest BCUT2D eigenvalue weighted by Crippen LogP contribution is 2.17. The van der Waals surface area contributed by atoms with E-state index in [0.29, 0.717) is 6.54 Å². The number of nitrogens with one attached hydrogen (secondary N) is 1. The van der Waals surface area contributed by atoms with E-state index >= 15 is 0 Å². The summed E-state index contributed by atoms with van der Waals surface area (Å²) in [6.45, 7) is 2.36. The number of anilines is 2. The Morgan fingerprint density at radius 1 is 1.39 bits per heavy atom. The normalized spacial score (nSPS) is 12.2. The van der Waals surface area contributed by atoms with Crippen LogP contribution in [0.5, 0.6) is 0 Å². The molecule has 0 radical (unpaired) electrons. The summed E-state index contributed by atoms with van der Waals surface area (Å²) in [4.78, 5) is 19.3. The van der Waals surface area contributed by atoms with Gasteiger partial charge in [0.25, 0.3) is 5.91 Å². The Labute approximate surface area is 110 Å². The molecule has 0 aliphatic rings. The van der Waals surface area contributed by atoms with Gasteiger partial charge in [-0.1, -0.05) is 24.9 Å². The topological polar surface area (TPSA) is 133 Å². The van der Waals surface area contributed by atoms with Crippen molar-refractivity contribution in [2.45, 2.75) is 25.8 Å². The number of hydrogen-bond donors (Lipinski definition) is 4. The van der Waals surface area contributed by atoms with E-state index in [1.54, 1.807) is 0 Å². The Hall–Kier alpha value is -1.60. The average Bonchev–Trinajstić information content (AvgIpc) is 2.31. The molecule has 1 amide bonds. The molecular weight excluding hydrogens is 256 g/mol. The lowest BCUT2D eigenvalue weighted by atomic mass is 10.2. The molecule has 0 aliphatic heterocycles. The van der Waals surface area contributed by atoms with Gasteiger partial charge >= 0.3 is 0 Å². The van der Waals surface area contributed by atoms with Crippen LogP contribution < -0.4 is 22.5 Å². The number of carbonyl (C=O) groups excluding carboxylic acids is 1. The van der Waals surface area contributed by atoms with Gasteiger partial charge in [-0.3, -0.25) is 4.79 Å². The van der Waals surface area contributed by atoms with Crippen LogP contribution in [0.3, 0.4) is 0 Å². The third-order valence-electron chi connectivity index (χ3n) is 2.30. The first-order chi connectivity index (χ1) is 8.45. The molecule has 0 aliphatic carbocycles. The predicted octanol–water partition coefficient (Wildman–Crippen LogP) is 0.152. The first kappa shape index (κ1) is 14.5. The Kier molecular flexibility index (Phi) is 5.11. The van der Waals surface area contributed by atoms with Crippen molar-refractivity contribution in [1.29, 1.82) is 0 Å². The molecule has 1 heterocycles. The van der Waals surface area contributed by atoms with E-state index in [2.05, 4.69) is 15.3 Å². The van der Waals surface area contributed by atoms with Gasteiger partial charge in [0, 0.05) is 12.6 Å². The molecule has 0 aromatic carbocycles. The van der Waals surface area contributed by atoms with Crippen molar-refractivity contribution in [1.82, 2.24) is 15.3 Å². The molecule has 1 rings (SSSR count). The highest BCUT2D eigenvalue weighted by Gasteiger charge is 2.16. The lowest BCUT2D eigenvalue weighted by Crippen LogP contribution is -2.37. The Balaban J connectivity index is 2.70. The van der Waals surface area contributed by atoms with Gasteiger partial charge in [-0.25, -0.2) is 9.97 Å². The second kappa shape index (κ2) is 6.36. The predicted molar refractivity (Wildman–Crippen MR) is 71.1 cm³/mol. The van der Waals surface area contributed by atoms with Crippen molar-refractivity contribution in [3.63, 3.8) is 0 Å². The van der Waals surface area contributed by atoms with Crippen LogP contribution >= 0.6 is 11.6 Å². The monoisotopic (exact) mass is 272 g/mol.